The normalized spacial score (nSPS) is 13.7. The predicted octanol–water partition coefficient (Wildman–Crippen LogP) is 4.32. The molecular weight excluding hydrogens is 397 g/mol. The minimum atomic E-state index is -1.70. The topological polar surface area (TPSA) is 68.3 Å². The fourth-order valence-corrected chi connectivity index (χ4v) is 3.57. The highest BCUT2D eigenvalue weighted by Gasteiger charge is 2.28. The largest absolute Gasteiger partial charge is 0.449 e. The van der Waals surface area contributed by atoms with Gasteiger partial charge in [0.2, 0.25) is 0 Å². The van der Waals surface area contributed by atoms with Crippen molar-refractivity contribution >= 4 is 28.5 Å². The van der Waals surface area contributed by atoms with Gasteiger partial charge in [0.1, 0.15) is 0 Å². The molecule has 8 heteroatoms. The quantitative estimate of drug-likeness (QED) is 0.510. The van der Waals surface area contributed by atoms with Crippen molar-refractivity contribution in [1.29, 1.82) is 0 Å². The Morgan fingerprint density at radius 3 is 2.63 bits per heavy atom. The summed E-state index contributed by atoms with van der Waals surface area (Å²) in [6, 6.07) is 8.74. The van der Waals surface area contributed by atoms with E-state index >= 15 is 0 Å². The molecular formula is C22H17F3N2O3. The van der Waals surface area contributed by atoms with Crippen molar-refractivity contribution in [3.63, 3.8) is 0 Å². The summed E-state index contributed by atoms with van der Waals surface area (Å²) in [5, 5.41) is 2.74. The summed E-state index contributed by atoms with van der Waals surface area (Å²) in [4.78, 5) is 29.9. The van der Waals surface area contributed by atoms with Crippen molar-refractivity contribution in [1.82, 2.24) is 4.98 Å². The maximum atomic E-state index is 13.8. The van der Waals surface area contributed by atoms with Gasteiger partial charge in [0.15, 0.2) is 23.6 Å². The smallest absolute Gasteiger partial charge is 0.339 e. The van der Waals surface area contributed by atoms with E-state index in [1.807, 2.05) is 6.07 Å². The van der Waals surface area contributed by atoms with Gasteiger partial charge in [0, 0.05) is 11.1 Å². The second-order valence-corrected chi connectivity index (χ2v) is 7.04. The Balaban J connectivity index is 1.57. The van der Waals surface area contributed by atoms with Crippen LogP contribution in [0.1, 0.15) is 35.0 Å². The number of aromatic nitrogens is 1. The monoisotopic (exact) mass is 414 g/mol. The predicted molar refractivity (Wildman–Crippen MR) is 104 cm³/mol. The van der Waals surface area contributed by atoms with E-state index in [4.69, 9.17) is 4.74 Å². The van der Waals surface area contributed by atoms with E-state index in [0.717, 1.165) is 30.2 Å². The van der Waals surface area contributed by atoms with Gasteiger partial charge in [0.05, 0.1) is 16.8 Å². The van der Waals surface area contributed by atoms with Crippen LogP contribution in [0.15, 0.2) is 36.4 Å². The maximum absolute atomic E-state index is 13.8. The van der Waals surface area contributed by atoms with Gasteiger partial charge in [-0.05, 0) is 49.9 Å². The first-order valence-electron chi connectivity index (χ1n) is 9.42. The molecule has 5 nitrogen and oxygen atoms in total. The van der Waals surface area contributed by atoms with E-state index < -0.39 is 41.1 Å². The standard InChI is InChI=1S/C22H17F3N2O3/c1-11(21(28)27-17-10-9-14(23)19(24)20(17)25)30-22(29)18-12-5-2-3-7-15(12)26-16-8-4-6-13(16)18/h2-3,5,7,9-11H,4,6,8H2,1H3,(H,27,28)/t11-/m0/s1. The van der Waals surface area contributed by atoms with Crippen LogP contribution in [0.5, 0.6) is 0 Å². The number of anilines is 1. The number of carbonyl (C=O) groups excluding carboxylic acids is 2. The Bertz CT molecular complexity index is 1180. The number of amides is 1. The molecule has 30 heavy (non-hydrogen) atoms. The summed E-state index contributed by atoms with van der Waals surface area (Å²) in [6.45, 7) is 1.31. The van der Waals surface area contributed by atoms with Crippen molar-refractivity contribution in [3.8, 4) is 0 Å². The van der Waals surface area contributed by atoms with Gasteiger partial charge < -0.3 is 10.1 Å². The van der Waals surface area contributed by atoms with E-state index in [-0.39, 0.29) is 0 Å². The van der Waals surface area contributed by atoms with Crippen LogP contribution in [0.4, 0.5) is 18.9 Å². The molecule has 0 spiro atoms. The lowest BCUT2D eigenvalue weighted by Gasteiger charge is -2.16. The van der Waals surface area contributed by atoms with Gasteiger partial charge in [-0.3, -0.25) is 9.78 Å². The second-order valence-electron chi connectivity index (χ2n) is 7.04. The zero-order valence-corrected chi connectivity index (χ0v) is 16.0. The zero-order chi connectivity index (χ0) is 21.4. The third kappa shape index (κ3) is 3.49. The molecule has 1 N–H and O–H groups in total. The number of aryl methyl sites for hydroxylation is 1. The van der Waals surface area contributed by atoms with Gasteiger partial charge in [0.25, 0.3) is 5.91 Å². The van der Waals surface area contributed by atoms with Gasteiger partial charge in [-0.15, -0.1) is 0 Å². The van der Waals surface area contributed by atoms with Crippen LogP contribution < -0.4 is 5.32 Å². The molecule has 154 valence electrons. The van der Waals surface area contributed by atoms with Gasteiger partial charge in [-0.1, -0.05) is 18.2 Å². The molecule has 0 saturated heterocycles. The van der Waals surface area contributed by atoms with Crippen molar-refractivity contribution in [3.05, 3.63) is 70.7 Å². The van der Waals surface area contributed by atoms with Crippen LogP contribution in [-0.2, 0) is 22.4 Å². The molecule has 0 bridgehead atoms. The number of hydrogen-bond acceptors (Lipinski definition) is 4. The van der Waals surface area contributed by atoms with Gasteiger partial charge >= 0.3 is 5.97 Å². The molecule has 3 aromatic rings. The number of hydrogen-bond donors (Lipinski definition) is 1. The van der Waals surface area contributed by atoms with E-state index in [9.17, 15) is 22.8 Å². The number of halogens is 3. The highest BCUT2D eigenvalue weighted by atomic mass is 19.2. The molecule has 1 atom stereocenters. The number of carbonyl (C=O) groups is 2. The number of esters is 1. The molecule has 0 fully saturated rings. The highest BCUT2D eigenvalue weighted by Crippen LogP contribution is 2.30. The van der Waals surface area contributed by atoms with Crippen molar-refractivity contribution in [2.24, 2.45) is 0 Å². The molecule has 0 aliphatic heterocycles. The van der Waals surface area contributed by atoms with E-state index in [2.05, 4.69) is 10.3 Å². The number of ether oxygens (including phenoxy) is 1. The number of nitrogens with zero attached hydrogens (tertiary/aromatic N) is 1. The summed E-state index contributed by atoms with van der Waals surface area (Å²) in [7, 11) is 0. The van der Waals surface area contributed by atoms with Gasteiger partial charge in [-0.25, -0.2) is 18.0 Å². The number of benzene rings is 2. The average molecular weight is 414 g/mol. The summed E-state index contributed by atoms with van der Waals surface area (Å²) in [5.74, 6) is -6.16. The number of rotatable bonds is 4. The van der Waals surface area contributed by atoms with Crippen LogP contribution in [0.2, 0.25) is 0 Å². The Labute approximate surface area is 169 Å². The van der Waals surface area contributed by atoms with Crippen LogP contribution in [-0.4, -0.2) is 23.0 Å². The lowest BCUT2D eigenvalue weighted by atomic mass is 10.0. The lowest BCUT2D eigenvalue weighted by molar-refractivity contribution is -0.123. The second kappa shape index (κ2) is 7.78. The molecule has 2 aromatic carbocycles. The average Bonchev–Trinajstić information content (AvgIpc) is 3.20. The molecule has 1 heterocycles. The van der Waals surface area contributed by atoms with Gasteiger partial charge in [-0.2, -0.15) is 0 Å². The van der Waals surface area contributed by atoms with Crippen LogP contribution in [0.25, 0.3) is 10.9 Å². The Morgan fingerprint density at radius 1 is 1.07 bits per heavy atom. The maximum Gasteiger partial charge on any atom is 0.339 e. The Hall–Kier alpha value is -3.42. The van der Waals surface area contributed by atoms with Crippen LogP contribution in [0.3, 0.4) is 0 Å². The number of nitrogens with one attached hydrogen (secondary N) is 1. The third-order valence-corrected chi connectivity index (χ3v) is 5.07. The SMILES string of the molecule is C[C@H](OC(=O)c1c2c(nc3ccccc13)CCC2)C(=O)Nc1ccc(F)c(F)c1F. The Morgan fingerprint density at radius 2 is 1.83 bits per heavy atom. The highest BCUT2D eigenvalue weighted by molar-refractivity contribution is 6.06. The molecule has 0 unspecified atom stereocenters. The summed E-state index contributed by atoms with van der Waals surface area (Å²) in [6.07, 6.45) is 1.00. The van der Waals surface area contributed by atoms with E-state index in [1.54, 1.807) is 18.2 Å². The van der Waals surface area contributed by atoms with E-state index in [0.29, 0.717) is 29.0 Å². The first-order chi connectivity index (χ1) is 14.4. The number of para-hydroxylation sites is 1. The molecule has 1 aromatic heterocycles. The molecule has 4 rings (SSSR count). The molecule has 0 saturated carbocycles. The number of fused-ring (bicyclic) bond motifs is 2. The minimum Gasteiger partial charge on any atom is -0.449 e. The fourth-order valence-electron chi connectivity index (χ4n) is 3.57. The van der Waals surface area contributed by atoms with Crippen LogP contribution in [0, 0.1) is 17.5 Å². The molecule has 0 radical (unpaired) electrons. The fraction of sp³-hybridized carbons (Fsp3) is 0.227. The van der Waals surface area contributed by atoms with Crippen molar-refractivity contribution in [2.45, 2.75) is 32.3 Å². The first kappa shape index (κ1) is 19.9. The Kier molecular flexibility index (Phi) is 5.15. The zero-order valence-electron chi connectivity index (χ0n) is 16.0. The molecule has 1 amide bonds. The van der Waals surface area contributed by atoms with Crippen LogP contribution >= 0.6 is 0 Å². The minimum absolute atomic E-state index is 0.367. The summed E-state index contributed by atoms with van der Waals surface area (Å²) >= 11 is 0. The molecule has 1 aliphatic carbocycles. The van der Waals surface area contributed by atoms with Crippen molar-refractivity contribution in [2.75, 3.05) is 5.32 Å². The third-order valence-electron chi connectivity index (χ3n) is 5.07. The van der Waals surface area contributed by atoms with Crippen molar-refractivity contribution < 1.29 is 27.5 Å². The number of pyridine rings is 1. The summed E-state index contributed by atoms with van der Waals surface area (Å²) < 4.78 is 45.5. The van der Waals surface area contributed by atoms with E-state index in [1.165, 1.54) is 6.92 Å². The first-order valence-corrected chi connectivity index (χ1v) is 9.42. The summed E-state index contributed by atoms with van der Waals surface area (Å²) in [5.41, 5.74) is 2.12. The molecule has 1 aliphatic rings. The lowest BCUT2D eigenvalue weighted by Crippen LogP contribution is -2.30.